The highest BCUT2D eigenvalue weighted by Crippen LogP contribution is 2.41. The van der Waals surface area contributed by atoms with Crippen molar-refractivity contribution < 1.29 is 0 Å². The predicted molar refractivity (Wildman–Crippen MR) is 87.4 cm³/mol. The molecule has 2 aromatic carbocycles. The smallest absolute Gasteiger partial charge is 0.0107 e. The summed E-state index contributed by atoms with van der Waals surface area (Å²) < 4.78 is 0. The molecule has 0 radical (unpaired) electrons. The van der Waals surface area contributed by atoms with Crippen molar-refractivity contribution in [2.75, 3.05) is 5.75 Å². The number of rotatable bonds is 4. The Balaban J connectivity index is 1.66. The van der Waals surface area contributed by atoms with Gasteiger partial charge in [0.25, 0.3) is 0 Å². The third kappa shape index (κ3) is 2.92. The summed E-state index contributed by atoms with van der Waals surface area (Å²) >= 11 is 1.97. The van der Waals surface area contributed by atoms with Crippen LogP contribution in [0.1, 0.15) is 29.0 Å². The normalized spacial score (nSPS) is 18.8. The summed E-state index contributed by atoms with van der Waals surface area (Å²) in [6.07, 6.45) is 2.06. The summed E-state index contributed by atoms with van der Waals surface area (Å²) in [7, 11) is 0. The molecule has 3 rings (SSSR count). The summed E-state index contributed by atoms with van der Waals surface area (Å²) in [5, 5.41) is 0. The molecule has 0 aromatic heterocycles. The molecule has 0 amide bonds. The molecule has 1 aliphatic rings. The van der Waals surface area contributed by atoms with Crippen LogP contribution in [0.2, 0.25) is 0 Å². The second-order valence-corrected chi connectivity index (χ2v) is 6.73. The van der Waals surface area contributed by atoms with E-state index in [-0.39, 0.29) is 6.04 Å². The predicted octanol–water partition coefficient (Wildman–Crippen LogP) is 4.14. The monoisotopic (exact) mass is 283 g/mol. The molecule has 2 atom stereocenters. The van der Waals surface area contributed by atoms with Gasteiger partial charge in [0.15, 0.2) is 0 Å². The van der Waals surface area contributed by atoms with Crippen LogP contribution >= 0.6 is 11.8 Å². The Kier molecular flexibility index (Phi) is 4.13. The molecule has 0 saturated heterocycles. The van der Waals surface area contributed by atoms with Crippen molar-refractivity contribution in [1.29, 1.82) is 0 Å². The van der Waals surface area contributed by atoms with Crippen molar-refractivity contribution in [3.63, 3.8) is 0 Å². The van der Waals surface area contributed by atoms with E-state index in [1.165, 1.54) is 27.3 Å². The van der Waals surface area contributed by atoms with Gasteiger partial charge in [-0.2, -0.15) is 0 Å². The molecule has 0 fully saturated rings. The Hall–Kier alpha value is -1.25. The zero-order valence-corrected chi connectivity index (χ0v) is 12.7. The van der Waals surface area contributed by atoms with Crippen LogP contribution in [-0.2, 0) is 6.42 Å². The molecule has 2 N–H and O–H groups in total. The highest BCUT2D eigenvalue weighted by Gasteiger charge is 2.24. The third-order valence-corrected chi connectivity index (χ3v) is 5.38. The molecule has 0 spiro atoms. The Morgan fingerprint density at radius 1 is 1.15 bits per heavy atom. The van der Waals surface area contributed by atoms with E-state index in [9.17, 15) is 0 Å². The van der Waals surface area contributed by atoms with Crippen LogP contribution in [-0.4, -0.2) is 11.8 Å². The van der Waals surface area contributed by atoms with E-state index in [4.69, 9.17) is 5.73 Å². The first kappa shape index (κ1) is 13.7. The average molecular weight is 283 g/mol. The lowest BCUT2D eigenvalue weighted by molar-refractivity contribution is 0.553. The standard InChI is InChI=1S/C18H21NS/c1-13-6-2-3-7-14(13)10-16(19)11-15-12-20-18-9-5-4-8-17(15)18/h2-9,15-16H,10-12,19H2,1H3. The van der Waals surface area contributed by atoms with Gasteiger partial charge >= 0.3 is 0 Å². The van der Waals surface area contributed by atoms with E-state index in [2.05, 4.69) is 55.5 Å². The first-order chi connectivity index (χ1) is 9.74. The lowest BCUT2D eigenvalue weighted by atomic mass is 9.90. The fraction of sp³-hybridized carbons (Fsp3) is 0.333. The van der Waals surface area contributed by atoms with E-state index < -0.39 is 0 Å². The van der Waals surface area contributed by atoms with Gasteiger partial charge in [-0.15, -0.1) is 11.8 Å². The maximum atomic E-state index is 6.40. The lowest BCUT2D eigenvalue weighted by Gasteiger charge is -2.18. The lowest BCUT2D eigenvalue weighted by Crippen LogP contribution is -2.26. The molecule has 1 aliphatic heterocycles. The summed E-state index contributed by atoms with van der Waals surface area (Å²) in [6.45, 7) is 2.17. The van der Waals surface area contributed by atoms with Gasteiger partial charge < -0.3 is 5.73 Å². The topological polar surface area (TPSA) is 26.0 Å². The van der Waals surface area contributed by atoms with Crippen LogP contribution in [0.3, 0.4) is 0 Å². The second kappa shape index (κ2) is 6.02. The van der Waals surface area contributed by atoms with E-state index in [1.54, 1.807) is 0 Å². The van der Waals surface area contributed by atoms with Gasteiger partial charge in [-0.05, 0) is 48.4 Å². The van der Waals surface area contributed by atoms with E-state index in [0.29, 0.717) is 5.92 Å². The quantitative estimate of drug-likeness (QED) is 0.912. The van der Waals surface area contributed by atoms with Crippen molar-refractivity contribution in [1.82, 2.24) is 0 Å². The molecule has 20 heavy (non-hydrogen) atoms. The second-order valence-electron chi connectivity index (χ2n) is 5.67. The zero-order valence-electron chi connectivity index (χ0n) is 11.9. The van der Waals surface area contributed by atoms with Crippen molar-refractivity contribution in [2.24, 2.45) is 5.73 Å². The minimum absolute atomic E-state index is 0.243. The fourth-order valence-corrected chi connectivity index (χ4v) is 4.27. The molecule has 0 saturated carbocycles. The molecule has 104 valence electrons. The van der Waals surface area contributed by atoms with E-state index in [0.717, 1.165) is 12.8 Å². The molecule has 2 unspecified atom stereocenters. The average Bonchev–Trinajstić information content (AvgIpc) is 2.85. The van der Waals surface area contributed by atoms with Gasteiger partial charge in [-0.3, -0.25) is 0 Å². The number of hydrogen-bond acceptors (Lipinski definition) is 2. The van der Waals surface area contributed by atoms with Gasteiger partial charge in [0.1, 0.15) is 0 Å². The number of hydrogen-bond donors (Lipinski definition) is 1. The van der Waals surface area contributed by atoms with E-state index >= 15 is 0 Å². The zero-order chi connectivity index (χ0) is 13.9. The van der Waals surface area contributed by atoms with Crippen LogP contribution in [0, 0.1) is 6.92 Å². The van der Waals surface area contributed by atoms with Gasteiger partial charge in [-0.25, -0.2) is 0 Å². The number of thioether (sulfide) groups is 1. The Morgan fingerprint density at radius 3 is 2.75 bits per heavy atom. The maximum Gasteiger partial charge on any atom is 0.0107 e. The summed E-state index contributed by atoms with van der Waals surface area (Å²) in [5.41, 5.74) is 10.6. The minimum Gasteiger partial charge on any atom is -0.327 e. The van der Waals surface area contributed by atoms with Crippen molar-refractivity contribution >= 4 is 11.8 Å². The Bertz CT molecular complexity index is 593. The summed E-state index contributed by atoms with van der Waals surface area (Å²) in [5.74, 6) is 1.80. The molecule has 0 aliphatic carbocycles. The maximum absolute atomic E-state index is 6.40. The highest BCUT2D eigenvalue weighted by atomic mass is 32.2. The number of fused-ring (bicyclic) bond motifs is 1. The first-order valence-corrected chi connectivity index (χ1v) is 8.24. The molecular weight excluding hydrogens is 262 g/mol. The Labute approximate surface area is 125 Å². The Morgan fingerprint density at radius 2 is 1.90 bits per heavy atom. The first-order valence-electron chi connectivity index (χ1n) is 7.26. The van der Waals surface area contributed by atoms with Crippen LogP contribution < -0.4 is 5.73 Å². The van der Waals surface area contributed by atoms with E-state index in [1.807, 2.05) is 11.8 Å². The number of benzene rings is 2. The van der Waals surface area contributed by atoms with Gasteiger partial charge in [0, 0.05) is 16.7 Å². The third-order valence-electron chi connectivity index (χ3n) is 4.13. The van der Waals surface area contributed by atoms with Crippen LogP contribution in [0.25, 0.3) is 0 Å². The van der Waals surface area contributed by atoms with Crippen molar-refractivity contribution in [3.8, 4) is 0 Å². The van der Waals surface area contributed by atoms with Gasteiger partial charge in [0.05, 0.1) is 0 Å². The van der Waals surface area contributed by atoms with Crippen molar-refractivity contribution in [2.45, 2.75) is 36.6 Å². The molecular formula is C18H21NS. The SMILES string of the molecule is Cc1ccccc1CC(N)CC1CSc2ccccc21. The van der Waals surface area contributed by atoms with Gasteiger partial charge in [0.2, 0.25) is 0 Å². The number of nitrogens with two attached hydrogens (primary N) is 1. The van der Waals surface area contributed by atoms with Crippen molar-refractivity contribution in [3.05, 3.63) is 65.2 Å². The number of aryl methyl sites for hydroxylation is 1. The molecule has 1 heterocycles. The largest absolute Gasteiger partial charge is 0.327 e. The van der Waals surface area contributed by atoms with Crippen LogP contribution in [0.15, 0.2) is 53.4 Å². The summed E-state index contributed by atoms with van der Waals surface area (Å²) in [4.78, 5) is 1.44. The van der Waals surface area contributed by atoms with Crippen LogP contribution in [0.4, 0.5) is 0 Å². The minimum atomic E-state index is 0.243. The molecule has 2 heteroatoms. The highest BCUT2D eigenvalue weighted by molar-refractivity contribution is 7.99. The molecule has 2 aromatic rings. The fourth-order valence-electron chi connectivity index (χ4n) is 2.99. The molecule has 0 bridgehead atoms. The van der Waals surface area contributed by atoms with Gasteiger partial charge in [-0.1, -0.05) is 42.5 Å². The molecule has 1 nitrogen and oxygen atoms in total. The van der Waals surface area contributed by atoms with Crippen LogP contribution in [0.5, 0.6) is 0 Å². The summed E-state index contributed by atoms with van der Waals surface area (Å²) in [6, 6.07) is 17.6.